The Morgan fingerprint density at radius 2 is 1.25 bits per heavy atom. The quantitative estimate of drug-likeness (QED) is 0.784. The summed E-state index contributed by atoms with van der Waals surface area (Å²) in [6.45, 7) is 5.06. The lowest BCUT2D eigenvalue weighted by molar-refractivity contribution is -0.216. The van der Waals surface area contributed by atoms with Crippen molar-refractivity contribution in [2.75, 3.05) is 13.2 Å². The third kappa shape index (κ3) is 1.90. The van der Waals surface area contributed by atoms with Crippen molar-refractivity contribution in [3.05, 3.63) is 59.7 Å². The predicted molar refractivity (Wildman–Crippen MR) is 77.0 cm³/mol. The Bertz CT molecular complexity index is 553. The van der Waals surface area contributed by atoms with Gasteiger partial charge in [-0.25, -0.2) is 0 Å². The van der Waals surface area contributed by atoms with Crippen molar-refractivity contribution in [2.24, 2.45) is 0 Å². The molecular formula is C17H18O3. The highest BCUT2D eigenvalue weighted by molar-refractivity contribution is 5.54. The fourth-order valence-corrected chi connectivity index (χ4v) is 2.68. The van der Waals surface area contributed by atoms with Crippen LogP contribution in [-0.2, 0) is 15.3 Å². The second-order valence-corrected chi connectivity index (χ2v) is 4.58. The lowest BCUT2D eigenvalue weighted by atomic mass is 9.93. The highest BCUT2D eigenvalue weighted by atomic mass is 16.7. The number of benzene rings is 2. The van der Waals surface area contributed by atoms with Crippen molar-refractivity contribution in [3.63, 3.8) is 0 Å². The second kappa shape index (κ2) is 5.27. The molecule has 0 N–H and O–H groups in total. The van der Waals surface area contributed by atoms with E-state index < -0.39 is 5.79 Å². The predicted octanol–water partition coefficient (Wildman–Crippen LogP) is 4.07. The topological polar surface area (TPSA) is 27.7 Å². The van der Waals surface area contributed by atoms with Crippen LogP contribution in [0.4, 0.5) is 0 Å². The van der Waals surface area contributed by atoms with Crippen LogP contribution in [0, 0.1) is 0 Å². The fourth-order valence-electron chi connectivity index (χ4n) is 2.68. The summed E-state index contributed by atoms with van der Waals surface area (Å²) in [5, 5.41) is 0. The van der Waals surface area contributed by atoms with Gasteiger partial charge in [0.15, 0.2) is 0 Å². The van der Waals surface area contributed by atoms with E-state index in [4.69, 9.17) is 14.2 Å². The smallest absolute Gasteiger partial charge is 0.229 e. The van der Waals surface area contributed by atoms with Crippen molar-refractivity contribution in [1.29, 1.82) is 0 Å². The van der Waals surface area contributed by atoms with Gasteiger partial charge in [-0.2, -0.15) is 0 Å². The molecule has 0 amide bonds. The van der Waals surface area contributed by atoms with E-state index in [1.54, 1.807) is 0 Å². The molecule has 0 spiro atoms. The molecule has 0 aromatic heterocycles. The average molecular weight is 270 g/mol. The van der Waals surface area contributed by atoms with Crippen LogP contribution in [-0.4, -0.2) is 13.2 Å². The van der Waals surface area contributed by atoms with E-state index >= 15 is 0 Å². The van der Waals surface area contributed by atoms with Crippen LogP contribution in [0.15, 0.2) is 48.5 Å². The van der Waals surface area contributed by atoms with Gasteiger partial charge in [-0.15, -0.1) is 0 Å². The molecule has 0 atom stereocenters. The van der Waals surface area contributed by atoms with Gasteiger partial charge in [0.25, 0.3) is 0 Å². The van der Waals surface area contributed by atoms with Crippen LogP contribution in [0.5, 0.6) is 11.5 Å². The molecule has 0 bridgehead atoms. The van der Waals surface area contributed by atoms with Crippen LogP contribution >= 0.6 is 0 Å². The Hall–Kier alpha value is -1.84. The number of hydrogen-bond acceptors (Lipinski definition) is 3. The van der Waals surface area contributed by atoms with E-state index in [9.17, 15) is 0 Å². The molecule has 3 heteroatoms. The van der Waals surface area contributed by atoms with Gasteiger partial charge in [-0.05, 0) is 38.1 Å². The lowest BCUT2D eigenvalue weighted by Crippen LogP contribution is -2.37. The van der Waals surface area contributed by atoms with E-state index in [1.807, 2.05) is 62.4 Å². The maximum atomic E-state index is 6.06. The van der Waals surface area contributed by atoms with Crippen LogP contribution in [0.25, 0.3) is 0 Å². The Labute approximate surface area is 119 Å². The van der Waals surface area contributed by atoms with Crippen molar-refractivity contribution >= 4 is 0 Å². The van der Waals surface area contributed by atoms with E-state index in [0.717, 1.165) is 22.6 Å². The van der Waals surface area contributed by atoms with Gasteiger partial charge in [-0.1, -0.05) is 24.3 Å². The van der Waals surface area contributed by atoms with E-state index in [2.05, 4.69) is 0 Å². The molecule has 0 fully saturated rings. The molecule has 0 saturated heterocycles. The van der Waals surface area contributed by atoms with E-state index in [-0.39, 0.29) is 0 Å². The monoisotopic (exact) mass is 270 g/mol. The van der Waals surface area contributed by atoms with Crippen molar-refractivity contribution < 1.29 is 14.2 Å². The molecule has 3 nitrogen and oxygen atoms in total. The largest absolute Gasteiger partial charge is 0.456 e. The van der Waals surface area contributed by atoms with E-state index in [0.29, 0.717) is 13.2 Å². The standard InChI is InChI=1S/C17H18O3/c1-3-18-17(19-4-2)13-9-5-7-11-15(13)20-16-12-8-6-10-14(16)17/h5-12H,3-4H2,1-2H3. The first-order valence-corrected chi connectivity index (χ1v) is 6.96. The summed E-state index contributed by atoms with van der Waals surface area (Å²) in [6, 6.07) is 15.7. The van der Waals surface area contributed by atoms with Gasteiger partial charge in [0.1, 0.15) is 11.5 Å². The van der Waals surface area contributed by atoms with Crippen molar-refractivity contribution in [1.82, 2.24) is 0 Å². The Morgan fingerprint density at radius 1 is 0.800 bits per heavy atom. The zero-order valence-electron chi connectivity index (χ0n) is 11.8. The number of para-hydroxylation sites is 2. The van der Waals surface area contributed by atoms with Gasteiger partial charge < -0.3 is 14.2 Å². The Kier molecular flexibility index (Phi) is 3.47. The molecule has 0 radical (unpaired) electrons. The number of ether oxygens (including phenoxy) is 3. The summed E-state index contributed by atoms with van der Waals surface area (Å²) < 4.78 is 18.1. The van der Waals surface area contributed by atoms with Gasteiger partial charge >= 0.3 is 0 Å². The minimum absolute atomic E-state index is 0.558. The minimum atomic E-state index is -0.880. The van der Waals surface area contributed by atoms with Crippen LogP contribution in [0.2, 0.25) is 0 Å². The van der Waals surface area contributed by atoms with Gasteiger partial charge in [-0.3, -0.25) is 0 Å². The third-order valence-electron chi connectivity index (χ3n) is 3.40. The maximum absolute atomic E-state index is 6.06. The molecule has 2 aromatic carbocycles. The van der Waals surface area contributed by atoms with Crippen LogP contribution < -0.4 is 4.74 Å². The maximum Gasteiger partial charge on any atom is 0.229 e. The molecule has 104 valence electrons. The van der Waals surface area contributed by atoms with Gasteiger partial charge in [0.2, 0.25) is 5.79 Å². The lowest BCUT2D eigenvalue weighted by Gasteiger charge is -2.39. The molecule has 0 unspecified atom stereocenters. The highest BCUT2D eigenvalue weighted by Crippen LogP contribution is 2.49. The second-order valence-electron chi connectivity index (χ2n) is 4.58. The normalized spacial score (nSPS) is 15.1. The molecule has 3 rings (SSSR count). The average Bonchev–Trinajstić information content (AvgIpc) is 2.48. The summed E-state index contributed by atoms with van der Waals surface area (Å²) in [5.74, 6) is 0.691. The fraction of sp³-hybridized carbons (Fsp3) is 0.294. The van der Waals surface area contributed by atoms with Gasteiger partial charge in [0.05, 0.1) is 11.1 Å². The Balaban J connectivity index is 2.25. The highest BCUT2D eigenvalue weighted by Gasteiger charge is 2.44. The first-order valence-electron chi connectivity index (χ1n) is 6.96. The van der Waals surface area contributed by atoms with E-state index in [1.165, 1.54) is 0 Å². The van der Waals surface area contributed by atoms with Crippen LogP contribution in [0.3, 0.4) is 0 Å². The first-order chi connectivity index (χ1) is 9.81. The molecule has 0 aliphatic carbocycles. The summed E-state index contributed by atoms with van der Waals surface area (Å²) in [6.07, 6.45) is 0. The SMILES string of the molecule is CCOC1(OCC)c2ccccc2Oc2ccccc21. The molecule has 1 aliphatic heterocycles. The minimum Gasteiger partial charge on any atom is -0.456 e. The van der Waals surface area contributed by atoms with Gasteiger partial charge in [0, 0.05) is 13.2 Å². The van der Waals surface area contributed by atoms with Crippen LogP contribution in [0.1, 0.15) is 25.0 Å². The number of fused-ring (bicyclic) bond motifs is 2. The summed E-state index contributed by atoms with van der Waals surface area (Å²) in [5.41, 5.74) is 1.84. The number of hydrogen-bond donors (Lipinski definition) is 0. The molecule has 2 aromatic rings. The molecule has 0 saturated carbocycles. The molecule has 1 aliphatic rings. The summed E-state index contributed by atoms with van der Waals surface area (Å²) >= 11 is 0. The summed E-state index contributed by atoms with van der Waals surface area (Å²) in [4.78, 5) is 0. The molecule has 20 heavy (non-hydrogen) atoms. The molecule has 1 heterocycles. The zero-order chi connectivity index (χ0) is 14.0. The molecular weight excluding hydrogens is 252 g/mol. The Morgan fingerprint density at radius 3 is 1.70 bits per heavy atom. The number of rotatable bonds is 4. The third-order valence-corrected chi connectivity index (χ3v) is 3.40. The van der Waals surface area contributed by atoms with Crippen molar-refractivity contribution in [2.45, 2.75) is 19.6 Å². The summed E-state index contributed by atoms with van der Waals surface area (Å²) in [7, 11) is 0. The first kappa shape index (κ1) is 13.2. The van der Waals surface area contributed by atoms with Crippen molar-refractivity contribution in [3.8, 4) is 11.5 Å². The zero-order valence-corrected chi connectivity index (χ0v) is 11.8.